The molecule has 2 aliphatic rings. The molecule has 0 radical (unpaired) electrons. The van der Waals surface area contributed by atoms with Crippen LogP contribution < -0.4 is 0 Å². The first-order chi connectivity index (χ1) is 17.8. The van der Waals surface area contributed by atoms with Gasteiger partial charge in [-0.2, -0.15) is 10.4 Å². The van der Waals surface area contributed by atoms with E-state index in [2.05, 4.69) is 6.07 Å². The number of halogens is 2. The van der Waals surface area contributed by atoms with Gasteiger partial charge in [0.05, 0.1) is 17.3 Å². The van der Waals surface area contributed by atoms with Gasteiger partial charge in [-0.25, -0.2) is 8.78 Å². The van der Waals surface area contributed by atoms with Crippen LogP contribution in [0.25, 0.3) is 11.3 Å². The lowest BCUT2D eigenvalue weighted by Gasteiger charge is -2.29. The molecule has 0 saturated carbocycles. The van der Waals surface area contributed by atoms with Crippen LogP contribution in [0.2, 0.25) is 0 Å². The molecule has 3 aromatic rings. The Morgan fingerprint density at radius 2 is 1.97 bits per heavy atom. The minimum atomic E-state index is -0.767. The van der Waals surface area contributed by atoms with E-state index >= 15 is 0 Å². The number of nitriles is 1. The van der Waals surface area contributed by atoms with E-state index in [9.17, 15) is 23.6 Å². The number of carbonyl (C=O) groups excluding carboxylic acids is 2. The van der Waals surface area contributed by atoms with Crippen molar-refractivity contribution < 1.29 is 23.1 Å². The Balaban J connectivity index is 1.70. The summed E-state index contributed by atoms with van der Waals surface area (Å²) in [5, 5.41) is 14.3. The fourth-order valence-electron chi connectivity index (χ4n) is 5.34. The lowest BCUT2D eigenvalue weighted by atomic mass is 9.99. The van der Waals surface area contributed by atoms with Crippen LogP contribution in [0.5, 0.6) is 0 Å². The van der Waals surface area contributed by atoms with Crippen molar-refractivity contribution >= 4 is 11.9 Å². The zero-order valence-electron chi connectivity index (χ0n) is 20.6. The second kappa shape index (κ2) is 9.77. The SMILES string of the molecule is CCC(=O)OC1Cc2c(F)cc(F)cc2C1n1nc(-c2cccc(C#N)c2)c2c1CCN(C(=O)CC)C2. The van der Waals surface area contributed by atoms with Gasteiger partial charge >= 0.3 is 5.97 Å². The van der Waals surface area contributed by atoms with Gasteiger partial charge in [0, 0.05) is 61.7 Å². The summed E-state index contributed by atoms with van der Waals surface area (Å²) < 4.78 is 36.7. The number of hydrogen-bond acceptors (Lipinski definition) is 5. The molecule has 9 heteroatoms. The first kappa shape index (κ1) is 24.6. The van der Waals surface area contributed by atoms with E-state index in [0.29, 0.717) is 53.9 Å². The molecule has 0 bridgehead atoms. The van der Waals surface area contributed by atoms with Crippen molar-refractivity contribution in [2.75, 3.05) is 6.54 Å². The van der Waals surface area contributed by atoms with E-state index in [1.165, 1.54) is 6.07 Å². The molecule has 190 valence electrons. The lowest BCUT2D eigenvalue weighted by Crippen LogP contribution is -2.37. The molecule has 5 rings (SSSR count). The van der Waals surface area contributed by atoms with Crippen LogP contribution in [0.4, 0.5) is 8.78 Å². The van der Waals surface area contributed by atoms with E-state index in [-0.39, 0.29) is 18.7 Å². The Morgan fingerprint density at radius 3 is 2.70 bits per heavy atom. The number of hydrogen-bond donors (Lipinski definition) is 0. The van der Waals surface area contributed by atoms with E-state index in [4.69, 9.17) is 9.84 Å². The van der Waals surface area contributed by atoms with Crippen LogP contribution >= 0.6 is 0 Å². The van der Waals surface area contributed by atoms with Crippen LogP contribution in [-0.4, -0.2) is 39.2 Å². The lowest BCUT2D eigenvalue weighted by molar-refractivity contribution is -0.149. The topological polar surface area (TPSA) is 88.2 Å². The maximum atomic E-state index is 14.8. The third-order valence-electron chi connectivity index (χ3n) is 7.11. The zero-order chi connectivity index (χ0) is 26.3. The summed E-state index contributed by atoms with van der Waals surface area (Å²) in [6.07, 6.45) is 0.326. The monoisotopic (exact) mass is 504 g/mol. The van der Waals surface area contributed by atoms with Crippen LogP contribution in [0.1, 0.15) is 60.7 Å². The molecule has 0 fully saturated rings. The number of aromatic nitrogens is 2. The number of benzene rings is 2. The predicted molar refractivity (Wildman–Crippen MR) is 130 cm³/mol. The molecule has 1 amide bonds. The van der Waals surface area contributed by atoms with Crippen LogP contribution in [0.15, 0.2) is 36.4 Å². The number of ether oxygens (including phenoxy) is 1. The Morgan fingerprint density at radius 1 is 1.16 bits per heavy atom. The van der Waals surface area contributed by atoms with Crippen molar-refractivity contribution in [2.45, 2.75) is 58.2 Å². The molecule has 0 saturated heterocycles. The first-order valence-electron chi connectivity index (χ1n) is 12.4. The Hall–Kier alpha value is -4.06. The summed E-state index contributed by atoms with van der Waals surface area (Å²) in [6, 6.07) is 10.5. The summed E-state index contributed by atoms with van der Waals surface area (Å²) in [6.45, 7) is 4.28. The summed E-state index contributed by atoms with van der Waals surface area (Å²) in [4.78, 5) is 26.6. The van der Waals surface area contributed by atoms with Gasteiger partial charge in [-0.05, 0) is 29.3 Å². The average Bonchev–Trinajstić information content (AvgIpc) is 3.45. The number of fused-ring (bicyclic) bond motifs is 2. The van der Waals surface area contributed by atoms with E-state index < -0.39 is 29.7 Å². The first-order valence-corrected chi connectivity index (χ1v) is 12.4. The highest BCUT2D eigenvalue weighted by molar-refractivity contribution is 5.77. The van der Waals surface area contributed by atoms with E-state index in [0.717, 1.165) is 17.3 Å². The van der Waals surface area contributed by atoms with Gasteiger partial charge in [0.1, 0.15) is 23.8 Å². The average molecular weight is 505 g/mol. The second-order valence-corrected chi connectivity index (χ2v) is 9.32. The largest absolute Gasteiger partial charge is 0.459 e. The van der Waals surface area contributed by atoms with Crippen molar-refractivity contribution in [3.8, 4) is 17.3 Å². The molecule has 1 aliphatic carbocycles. The van der Waals surface area contributed by atoms with Gasteiger partial charge in [0.25, 0.3) is 0 Å². The van der Waals surface area contributed by atoms with Crippen LogP contribution in [0.3, 0.4) is 0 Å². The maximum absolute atomic E-state index is 14.8. The third kappa shape index (κ3) is 4.37. The summed E-state index contributed by atoms with van der Waals surface area (Å²) in [5.74, 6) is -1.82. The summed E-state index contributed by atoms with van der Waals surface area (Å²) in [7, 11) is 0. The highest BCUT2D eigenvalue weighted by atomic mass is 19.1. The number of rotatable bonds is 5. The molecule has 1 aliphatic heterocycles. The van der Waals surface area contributed by atoms with E-state index in [1.807, 2.05) is 13.0 Å². The van der Waals surface area contributed by atoms with Crippen molar-refractivity contribution in [2.24, 2.45) is 0 Å². The Labute approximate surface area is 213 Å². The Kier molecular flexibility index (Phi) is 6.50. The number of nitrogens with zero attached hydrogens (tertiary/aromatic N) is 4. The van der Waals surface area contributed by atoms with Gasteiger partial charge in [-0.1, -0.05) is 26.0 Å². The minimum Gasteiger partial charge on any atom is -0.459 e. The van der Waals surface area contributed by atoms with Crippen molar-refractivity contribution in [3.05, 3.63) is 76.0 Å². The quantitative estimate of drug-likeness (QED) is 0.479. The normalized spacial score (nSPS) is 18.2. The van der Waals surface area contributed by atoms with Crippen molar-refractivity contribution in [1.29, 1.82) is 5.26 Å². The summed E-state index contributed by atoms with van der Waals surface area (Å²) >= 11 is 0. The van der Waals surface area contributed by atoms with Gasteiger partial charge in [0.15, 0.2) is 0 Å². The number of amides is 1. The maximum Gasteiger partial charge on any atom is 0.305 e. The molecule has 1 aromatic heterocycles. The van der Waals surface area contributed by atoms with Crippen molar-refractivity contribution in [1.82, 2.24) is 14.7 Å². The molecule has 0 spiro atoms. The standard InChI is InChI=1S/C28H26F2N4O3/c1-3-25(35)33-9-8-23-21(15-33)27(17-7-5-6-16(10-17)14-31)32-34(23)28-20-11-18(29)12-22(30)19(20)13-24(28)37-26(36)4-2/h5-7,10-12,24,28H,3-4,8-9,13,15H2,1-2H3. The molecule has 7 nitrogen and oxygen atoms in total. The molecule has 2 atom stereocenters. The second-order valence-electron chi connectivity index (χ2n) is 9.32. The smallest absolute Gasteiger partial charge is 0.305 e. The molecule has 37 heavy (non-hydrogen) atoms. The molecular weight excluding hydrogens is 478 g/mol. The van der Waals surface area contributed by atoms with Crippen LogP contribution in [-0.2, 0) is 33.7 Å². The molecule has 0 N–H and O–H groups in total. The van der Waals surface area contributed by atoms with Gasteiger partial charge in [-0.3, -0.25) is 14.3 Å². The number of esters is 1. The van der Waals surface area contributed by atoms with Gasteiger partial charge < -0.3 is 9.64 Å². The molecule has 2 heterocycles. The zero-order valence-corrected chi connectivity index (χ0v) is 20.6. The third-order valence-corrected chi connectivity index (χ3v) is 7.11. The van der Waals surface area contributed by atoms with Gasteiger partial charge in [-0.15, -0.1) is 0 Å². The molecule has 2 aromatic carbocycles. The fourth-order valence-corrected chi connectivity index (χ4v) is 5.34. The van der Waals surface area contributed by atoms with Crippen molar-refractivity contribution in [3.63, 3.8) is 0 Å². The molecule has 2 unspecified atom stereocenters. The molecular formula is C28H26F2N4O3. The Bertz CT molecular complexity index is 1440. The van der Waals surface area contributed by atoms with Gasteiger partial charge in [0.2, 0.25) is 5.91 Å². The fraction of sp³-hybridized carbons (Fsp3) is 0.357. The highest BCUT2D eigenvalue weighted by Gasteiger charge is 2.42. The van der Waals surface area contributed by atoms with E-state index in [1.54, 1.807) is 34.7 Å². The minimum absolute atomic E-state index is 0.0141. The summed E-state index contributed by atoms with van der Waals surface area (Å²) in [5.41, 5.74) is 4.07. The highest BCUT2D eigenvalue weighted by Crippen LogP contribution is 2.42. The van der Waals surface area contributed by atoms with Crippen LogP contribution in [0, 0.1) is 23.0 Å². The predicted octanol–water partition coefficient (Wildman–Crippen LogP) is 4.46. The number of carbonyl (C=O) groups is 2.